The van der Waals surface area contributed by atoms with Crippen LogP contribution in [0.15, 0.2) is 12.1 Å². The van der Waals surface area contributed by atoms with Gasteiger partial charge in [-0.25, -0.2) is 0 Å². The molecule has 7 heteroatoms. The minimum atomic E-state index is -4.56. The minimum absolute atomic E-state index is 0.0208. The lowest BCUT2D eigenvalue weighted by atomic mass is 9.77. The Hall–Kier alpha value is -0.940. The van der Waals surface area contributed by atoms with E-state index >= 15 is 0 Å². The van der Waals surface area contributed by atoms with E-state index in [0.717, 1.165) is 31.4 Å². The molecule has 0 spiro atoms. The molecule has 0 aliphatic heterocycles. The summed E-state index contributed by atoms with van der Waals surface area (Å²) in [6.07, 6.45) is 4.60. The lowest BCUT2D eigenvalue weighted by Gasteiger charge is -2.32. The summed E-state index contributed by atoms with van der Waals surface area (Å²) in [6, 6.07) is 1.55. The summed E-state index contributed by atoms with van der Waals surface area (Å²) in [6.45, 7) is 2.30. The Kier molecular flexibility index (Phi) is 6.86. The van der Waals surface area contributed by atoms with Crippen LogP contribution in [0.4, 0.5) is 13.2 Å². The highest BCUT2D eigenvalue weighted by Gasteiger charge is 2.38. The van der Waals surface area contributed by atoms with Crippen LogP contribution >= 0.6 is 23.2 Å². The Bertz CT molecular complexity index is 699. The van der Waals surface area contributed by atoms with Gasteiger partial charge in [0, 0.05) is 6.04 Å². The second-order valence-electron chi connectivity index (χ2n) is 8.27. The van der Waals surface area contributed by atoms with E-state index in [2.05, 4.69) is 12.2 Å². The predicted octanol–water partition coefficient (Wildman–Crippen LogP) is 7.13. The Morgan fingerprint density at radius 1 is 0.964 bits per heavy atom. The molecule has 0 bridgehead atoms. The highest BCUT2D eigenvalue weighted by Crippen LogP contribution is 2.42. The standard InChI is InChI=1S/C21H26Cl2F3NO/c1-12-6-3-2-4-7-14(12)15-8-5-9-18(15)27-20(28)19-16(22)10-13(11-17(19)23)21(24,25)26/h10-12,14-15,18H,2-9H2,1H3,(H,27,28). The number of rotatable bonds is 3. The van der Waals surface area contributed by atoms with Crippen molar-refractivity contribution in [2.24, 2.45) is 17.8 Å². The van der Waals surface area contributed by atoms with Crippen LogP contribution in [0.3, 0.4) is 0 Å². The fourth-order valence-electron chi connectivity index (χ4n) is 5.03. The average molecular weight is 436 g/mol. The lowest BCUT2D eigenvalue weighted by molar-refractivity contribution is -0.137. The predicted molar refractivity (Wildman–Crippen MR) is 106 cm³/mol. The first-order valence-electron chi connectivity index (χ1n) is 10.1. The molecule has 1 aromatic rings. The van der Waals surface area contributed by atoms with Crippen molar-refractivity contribution in [1.29, 1.82) is 0 Å². The molecule has 0 aromatic heterocycles. The summed E-state index contributed by atoms with van der Waals surface area (Å²) in [7, 11) is 0. The van der Waals surface area contributed by atoms with Gasteiger partial charge in [-0.2, -0.15) is 13.2 Å². The van der Waals surface area contributed by atoms with Crippen molar-refractivity contribution in [1.82, 2.24) is 5.32 Å². The van der Waals surface area contributed by atoms with Crippen molar-refractivity contribution >= 4 is 29.1 Å². The molecule has 2 aliphatic carbocycles. The fraction of sp³-hybridized carbons (Fsp3) is 0.667. The molecular formula is C21H26Cl2F3NO. The zero-order chi connectivity index (χ0) is 20.5. The van der Waals surface area contributed by atoms with Crippen molar-refractivity contribution in [2.75, 3.05) is 0 Å². The number of alkyl halides is 3. The third kappa shape index (κ3) is 4.79. The van der Waals surface area contributed by atoms with Crippen LogP contribution in [0, 0.1) is 17.8 Å². The second-order valence-corrected chi connectivity index (χ2v) is 9.08. The maximum Gasteiger partial charge on any atom is 0.416 e. The van der Waals surface area contributed by atoms with Gasteiger partial charge in [0.2, 0.25) is 0 Å². The highest BCUT2D eigenvalue weighted by atomic mass is 35.5. The van der Waals surface area contributed by atoms with Crippen LogP contribution in [-0.2, 0) is 6.18 Å². The van der Waals surface area contributed by atoms with Crippen molar-refractivity contribution in [2.45, 2.75) is 70.5 Å². The maximum atomic E-state index is 12.9. The van der Waals surface area contributed by atoms with Crippen molar-refractivity contribution in [3.05, 3.63) is 33.3 Å². The van der Waals surface area contributed by atoms with Gasteiger partial charge >= 0.3 is 6.18 Å². The quantitative estimate of drug-likeness (QED) is 0.502. The van der Waals surface area contributed by atoms with Crippen LogP contribution in [-0.4, -0.2) is 11.9 Å². The topological polar surface area (TPSA) is 29.1 Å². The van der Waals surface area contributed by atoms with Gasteiger partial charge < -0.3 is 5.32 Å². The van der Waals surface area contributed by atoms with Gasteiger partial charge in [-0.3, -0.25) is 4.79 Å². The number of benzene rings is 1. The van der Waals surface area contributed by atoms with E-state index < -0.39 is 17.6 Å². The van der Waals surface area contributed by atoms with Crippen molar-refractivity contribution < 1.29 is 18.0 Å². The van der Waals surface area contributed by atoms with E-state index in [4.69, 9.17) is 23.2 Å². The monoisotopic (exact) mass is 435 g/mol. The number of carbonyl (C=O) groups is 1. The van der Waals surface area contributed by atoms with E-state index in [9.17, 15) is 18.0 Å². The number of halogens is 5. The summed E-state index contributed by atoms with van der Waals surface area (Å²) in [5.74, 6) is 1.13. The zero-order valence-corrected chi connectivity index (χ0v) is 17.4. The lowest BCUT2D eigenvalue weighted by Crippen LogP contribution is -2.41. The summed E-state index contributed by atoms with van der Waals surface area (Å²) < 4.78 is 38.8. The largest absolute Gasteiger partial charge is 0.416 e. The Morgan fingerprint density at radius 2 is 1.57 bits per heavy atom. The number of hydrogen-bond donors (Lipinski definition) is 1. The van der Waals surface area contributed by atoms with Gasteiger partial charge in [-0.1, -0.05) is 62.2 Å². The van der Waals surface area contributed by atoms with E-state index in [1.54, 1.807) is 0 Å². The molecule has 0 radical (unpaired) electrons. The SMILES string of the molecule is CC1CCCCCC1C1CCCC1NC(=O)c1c(Cl)cc(C(F)(F)F)cc1Cl. The molecule has 2 nitrogen and oxygen atoms in total. The minimum Gasteiger partial charge on any atom is -0.349 e. The Balaban J connectivity index is 1.77. The third-order valence-corrected chi connectivity index (χ3v) is 7.06. The number of hydrogen-bond acceptors (Lipinski definition) is 1. The first-order valence-corrected chi connectivity index (χ1v) is 10.8. The van der Waals surface area contributed by atoms with Crippen molar-refractivity contribution in [3.8, 4) is 0 Å². The highest BCUT2D eigenvalue weighted by molar-refractivity contribution is 6.39. The van der Waals surface area contributed by atoms with Gasteiger partial charge in [-0.15, -0.1) is 0 Å². The zero-order valence-electron chi connectivity index (χ0n) is 15.9. The van der Waals surface area contributed by atoms with Crippen LogP contribution in [0.25, 0.3) is 0 Å². The molecule has 3 rings (SSSR count). The van der Waals surface area contributed by atoms with Crippen LogP contribution in [0.1, 0.15) is 74.2 Å². The van der Waals surface area contributed by atoms with Gasteiger partial charge in [0.25, 0.3) is 5.91 Å². The Morgan fingerprint density at radius 3 is 2.21 bits per heavy atom. The molecule has 28 heavy (non-hydrogen) atoms. The van der Waals surface area contributed by atoms with Gasteiger partial charge in [0.05, 0.1) is 21.2 Å². The molecular weight excluding hydrogens is 410 g/mol. The molecule has 1 aromatic carbocycles. The summed E-state index contributed by atoms with van der Waals surface area (Å²) in [4.78, 5) is 12.8. The molecule has 156 valence electrons. The normalized spacial score (nSPS) is 28.8. The van der Waals surface area contributed by atoms with E-state index in [0.29, 0.717) is 17.8 Å². The molecule has 4 atom stereocenters. The fourth-order valence-corrected chi connectivity index (χ4v) is 5.69. The second kappa shape index (κ2) is 8.83. The average Bonchev–Trinajstić information content (AvgIpc) is 2.93. The van der Waals surface area contributed by atoms with Crippen molar-refractivity contribution in [3.63, 3.8) is 0 Å². The maximum absolute atomic E-state index is 12.9. The third-order valence-electron chi connectivity index (χ3n) is 6.46. The number of carbonyl (C=O) groups excluding carboxylic acids is 1. The molecule has 2 saturated carbocycles. The molecule has 1 amide bonds. The molecule has 2 fully saturated rings. The van der Waals surface area contributed by atoms with Gasteiger partial charge in [-0.05, 0) is 49.1 Å². The van der Waals surface area contributed by atoms with Gasteiger partial charge in [0.1, 0.15) is 0 Å². The molecule has 1 N–H and O–H groups in total. The smallest absolute Gasteiger partial charge is 0.349 e. The van der Waals surface area contributed by atoms with Crippen LogP contribution in [0.5, 0.6) is 0 Å². The summed E-state index contributed by atoms with van der Waals surface area (Å²) >= 11 is 12.0. The first kappa shape index (κ1) is 21.8. The summed E-state index contributed by atoms with van der Waals surface area (Å²) in [5.41, 5.74) is -1.03. The van der Waals surface area contributed by atoms with Gasteiger partial charge in [0.15, 0.2) is 0 Å². The number of amides is 1. The van der Waals surface area contributed by atoms with Crippen LogP contribution < -0.4 is 5.32 Å². The van der Waals surface area contributed by atoms with E-state index in [-0.39, 0.29) is 21.7 Å². The molecule has 4 unspecified atom stereocenters. The summed E-state index contributed by atoms with van der Waals surface area (Å²) in [5, 5.41) is 2.50. The van der Waals surface area contributed by atoms with E-state index in [1.165, 1.54) is 32.1 Å². The molecule has 0 heterocycles. The van der Waals surface area contributed by atoms with Crippen LogP contribution in [0.2, 0.25) is 10.0 Å². The first-order chi connectivity index (χ1) is 13.2. The van der Waals surface area contributed by atoms with E-state index in [1.807, 2.05) is 0 Å². The molecule has 2 aliphatic rings. The Labute approximate surface area is 174 Å². The molecule has 0 saturated heterocycles. The number of nitrogens with one attached hydrogen (secondary N) is 1.